The third kappa shape index (κ3) is 2.25. The van der Waals surface area contributed by atoms with Crippen LogP contribution in [0.2, 0.25) is 0 Å². The summed E-state index contributed by atoms with van der Waals surface area (Å²) < 4.78 is 19.8. The van der Waals surface area contributed by atoms with E-state index in [1.54, 1.807) is 20.8 Å². The van der Waals surface area contributed by atoms with Crippen LogP contribution in [0.5, 0.6) is 0 Å². The molecule has 1 aliphatic carbocycles. The molecule has 0 bridgehead atoms. The molecule has 0 aromatic rings. The maximum Gasteiger partial charge on any atom is 0.408 e. The van der Waals surface area contributed by atoms with Gasteiger partial charge in [-0.25, -0.2) is 9.18 Å². The number of carbonyl (C=O) groups is 1. The van der Waals surface area contributed by atoms with Crippen molar-refractivity contribution in [2.75, 3.05) is 13.1 Å². The number of ether oxygens (including phenoxy) is 1. The Bertz CT molecular complexity index is 315. The second-order valence-corrected chi connectivity index (χ2v) is 6.13. The lowest BCUT2D eigenvalue weighted by atomic mass is 9.88. The van der Waals surface area contributed by atoms with Gasteiger partial charge < -0.3 is 15.4 Å². The quantitative estimate of drug-likeness (QED) is 0.738. The van der Waals surface area contributed by atoms with Gasteiger partial charge in [-0.1, -0.05) is 0 Å². The Morgan fingerprint density at radius 3 is 2.71 bits per heavy atom. The molecule has 2 N–H and O–H groups in total. The first-order valence-corrected chi connectivity index (χ1v) is 6.17. The van der Waals surface area contributed by atoms with E-state index in [4.69, 9.17) is 4.74 Å². The Balaban J connectivity index is 2.05. The molecule has 1 heterocycles. The van der Waals surface area contributed by atoms with Gasteiger partial charge in [0.2, 0.25) is 0 Å². The number of hydrogen-bond acceptors (Lipinski definition) is 3. The van der Waals surface area contributed by atoms with Crippen molar-refractivity contribution in [2.24, 2.45) is 0 Å². The fourth-order valence-electron chi connectivity index (χ4n) is 2.83. The molecule has 98 valence electrons. The van der Waals surface area contributed by atoms with Crippen LogP contribution in [0.3, 0.4) is 0 Å². The largest absolute Gasteiger partial charge is 0.444 e. The van der Waals surface area contributed by atoms with Crippen LogP contribution >= 0.6 is 0 Å². The summed E-state index contributed by atoms with van der Waals surface area (Å²) in [5, 5.41) is 5.78. The lowest BCUT2D eigenvalue weighted by Crippen LogP contribution is -2.59. The maximum absolute atomic E-state index is 14.6. The Morgan fingerprint density at radius 2 is 2.06 bits per heavy atom. The van der Waals surface area contributed by atoms with Crippen LogP contribution in [0.25, 0.3) is 0 Å². The normalized spacial score (nSPS) is 36.7. The lowest BCUT2D eigenvalue weighted by molar-refractivity contribution is 0.0333. The number of fused-ring (bicyclic) bond motifs is 1. The molecule has 1 saturated carbocycles. The van der Waals surface area contributed by atoms with Crippen LogP contribution < -0.4 is 10.6 Å². The van der Waals surface area contributed by atoms with E-state index < -0.39 is 22.9 Å². The van der Waals surface area contributed by atoms with Crippen LogP contribution in [0.1, 0.15) is 40.0 Å². The van der Waals surface area contributed by atoms with Crippen molar-refractivity contribution in [1.29, 1.82) is 0 Å². The Hall–Kier alpha value is -0.840. The first kappa shape index (κ1) is 12.6. The molecule has 0 unspecified atom stereocenters. The van der Waals surface area contributed by atoms with E-state index in [-0.39, 0.29) is 0 Å². The summed E-state index contributed by atoms with van der Waals surface area (Å²) in [7, 11) is 0. The third-order valence-corrected chi connectivity index (χ3v) is 3.61. The minimum Gasteiger partial charge on any atom is -0.444 e. The van der Waals surface area contributed by atoms with Crippen molar-refractivity contribution in [3.8, 4) is 0 Å². The number of halogens is 1. The van der Waals surface area contributed by atoms with Crippen molar-refractivity contribution >= 4 is 6.09 Å². The molecule has 2 fully saturated rings. The molecular formula is C12H21FN2O2. The van der Waals surface area contributed by atoms with E-state index in [0.717, 1.165) is 6.42 Å². The minimum atomic E-state index is -1.32. The summed E-state index contributed by atoms with van der Waals surface area (Å²) in [6.45, 7) is 6.21. The summed E-state index contributed by atoms with van der Waals surface area (Å²) in [4.78, 5) is 11.8. The van der Waals surface area contributed by atoms with Gasteiger partial charge in [-0.3, -0.25) is 0 Å². The van der Waals surface area contributed by atoms with E-state index >= 15 is 0 Å². The summed E-state index contributed by atoms with van der Waals surface area (Å²) in [6.07, 6.45) is 1.48. The number of hydrogen-bond donors (Lipinski definition) is 2. The molecule has 4 nitrogen and oxygen atoms in total. The minimum absolute atomic E-state index is 0.322. The molecule has 5 heteroatoms. The van der Waals surface area contributed by atoms with Crippen molar-refractivity contribution in [1.82, 2.24) is 10.6 Å². The number of alkyl carbamates (subject to hydrolysis) is 1. The molecule has 2 rings (SSSR count). The van der Waals surface area contributed by atoms with Gasteiger partial charge in [-0.15, -0.1) is 0 Å². The fourth-order valence-corrected chi connectivity index (χ4v) is 2.83. The summed E-state index contributed by atoms with van der Waals surface area (Å²) in [6, 6.07) is 0. The number of carbonyl (C=O) groups excluding carboxylic acids is 1. The number of rotatable bonds is 1. The Morgan fingerprint density at radius 1 is 1.35 bits per heavy atom. The zero-order chi connectivity index (χ0) is 12.7. The van der Waals surface area contributed by atoms with Gasteiger partial charge in [0.25, 0.3) is 0 Å². The highest BCUT2D eigenvalue weighted by atomic mass is 19.1. The number of nitrogens with one attached hydrogen (secondary N) is 2. The second kappa shape index (κ2) is 3.83. The van der Waals surface area contributed by atoms with Crippen LogP contribution in [-0.2, 0) is 4.74 Å². The first-order chi connectivity index (χ1) is 7.77. The average Bonchev–Trinajstić information content (AvgIpc) is 2.53. The lowest BCUT2D eigenvalue weighted by Gasteiger charge is -2.34. The smallest absolute Gasteiger partial charge is 0.408 e. The molecule has 1 saturated heterocycles. The predicted molar refractivity (Wildman–Crippen MR) is 62.7 cm³/mol. The summed E-state index contributed by atoms with van der Waals surface area (Å²) >= 11 is 0. The molecule has 0 aromatic heterocycles. The summed E-state index contributed by atoms with van der Waals surface area (Å²) in [5.41, 5.74) is -2.64. The van der Waals surface area contributed by atoms with E-state index in [1.165, 1.54) is 0 Å². The standard InChI is InChI=1S/C12H21FN2O2/c1-10(2,3)17-9(16)15-12-6-4-5-11(12,13)7-14-8-12/h14H,4-8H2,1-3H3,(H,15,16)/t11-,12+/m1/s1. The van der Waals surface area contributed by atoms with E-state index in [9.17, 15) is 9.18 Å². The monoisotopic (exact) mass is 244 g/mol. The van der Waals surface area contributed by atoms with Crippen molar-refractivity contribution in [3.05, 3.63) is 0 Å². The Labute approximate surface area is 101 Å². The van der Waals surface area contributed by atoms with Gasteiger partial charge in [0.05, 0.1) is 5.54 Å². The molecule has 2 atom stereocenters. The van der Waals surface area contributed by atoms with Gasteiger partial charge in [-0.05, 0) is 40.0 Å². The highest BCUT2D eigenvalue weighted by Gasteiger charge is 2.60. The van der Waals surface area contributed by atoms with Crippen LogP contribution in [-0.4, -0.2) is 36.0 Å². The fraction of sp³-hybridized carbons (Fsp3) is 0.917. The van der Waals surface area contributed by atoms with E-state index in [2.05, 4.69) is 10.6 Å². The molecule has 1 amide bonds. The molecule has 17 heavy (non-hydrogen) atoms. The third-order valence-electron chi connectivity index (χ3n) is 3.61. The summed E-state index contributed by atoms with van der Waals surface area (Å²) in [5.74, 6) is 0. The predicted octanol–water partition coefficient (Wildman–Crippen LogP) is 1.75. The van der Waals surface area contributed by atoms with Gasteiger partial charge in [0.15, 0.2) is 0 Å². The zero-order valence-electron chi connectivity index (χ0n) is 10.7. The van der Waals surface area contributed by atoms with E-state index in [0.29, 0.717) is 25.9 Å². The zero-order valence-corrected chi connectivity index (χ0v) is 10.7. The number of amides is 1. The second-order valence-electron chi connectivity index (χ2n) is 6.13. The van der Waals surface area contributed by atoms with E-state index in [1.807, 2.05) is 0 Å². The molecule has 0 aromatic carbocycles. The molecular weight excluding hydrogens is 223 g/mol. The van der Waals surface area contributed by atoms with Gasteiger partial charge in [-0.2, -0.15) is 0 Å². The maximum atomic E-state index is 14.6. The first-order valence-electron chi connectivity index (χ1n) is 6.17. The van der Waals surface area contributed by atoms with Gasteiger partial charge >= 0.3 is 6.09 Å². The molecule has 0 spiro atoms. The molecule has 1 aliphatic heterocycles. The van der Waals surface area contributed by atoms with Crippen molar-refractivity contribution in [3.63, 3.8) is 0 Å². The van der Waals surface area contributed by atoms with Crippen molar-refractivity contribution < 1.29 is 13.9 Å². The highest BCUT2D eigenvalue weighted by Crippen LogP contribution is 2.44. The molecule has 2 aliphatic rings. The topological polar surface area (TPSA) is 50.4 Å². The average molecular weight is 244 g/mol. The van der Waals surface area contributed by atoms with Crippen molar-refractivity contribution in [2.45, 2.75) is 56.8 Å². The van der Waals surface area contributed by atoms with Gasteiger partial charge in [0.1, 0.15) is 11.3 Å². The Kier molecular flexibility index (Phi) is 2.84. The van der Waals surface area contributed by atoms with Crippen LogP contribution in [0.4, 0.5) is 9.18 Å². The molecule has 0 radical (unpaired) electrons. The highest BCUT2D eigenvalue weighted by molar-refractivity contribution is 5.69. The van der Waals surface area contributed by atoms with Crippen LogP contribution in [0.15, 0.2) is 0 Å². The SMILES string of the molecule is CC(C)(C)OC(=O)N[C@]12CCC[C@@]1(F)CNC2. The van der Waals surface area contributed by atoms with Crippen LogP contribution in [0, 0.1) is 0 Å². The number of alkyl halides is 1. The van der Waals surface area contributed by atoms with Gasteiger partial charge in [0, 0.05) is 13.1 Å².